The van der Waals surface area contributed by atoms with Crippen molar-refractivity contribution >= 4 is 29.1 Å². The van der Waals surface area contributed by atoms with Gasteiger partial charge in [-0.2, -0.15) is 0 Å². The Morgan fingerprint density at radius 2 is 2.12 bits per heavy atom. The molecular formula is C10H12ClN3O2. The number of benzene rings is 1. The van der Waals surface area contributed by atoms with Crippen LogP contribution in [0.4, 0.5) is 11.4 Å². The van der Waals surface area contributed by atoms with Gasteiger partial charge in [0, 0.05) is 31.4 Å². The minimum atomic E-state index is -0.557. The van der Waals surface area contributed by atoms with Crippen molar-refractivity contribution < 1.29 is 4.92 Å². The molecule has 86 valence electrons. The summed E-state index contributed by atoms with van der Waals surface area (Å²) in [6, 6.07) is 2.74. The second-order valence-electron chi connectivity index (χ2n) is 3.47. The van der Waals surface area contributed by atoms with Crippen molar-refractivity contribution in [3.63, 3.8) is 0 Å². The predicted molar refractivity (Wildman–Crippen MR) is 65.2 cm³/mol. The summed E-state index contributed by atoms with van der Waals surface area (Å²) in [5, 5.41) is 10.7. The summed E-state index contributed by atoms with van der Waals surface area (Å²) in [5.41, 5.74) is 6.49. The van der Waals surface area contributed by atoms with E-state index in [-0.39, 0.29) is 10.7 Å². The zero-order valence-electron chi connectivity index (χ0n) is 8.98. The van der Waals surface area contributed by atoms with Crippen LogP contribution >= 0.6 is 11.6 Å². The van der Waals surface area contributed by atoms with Gasteiger partial charge >= 0.3 is 0 Å². The molecule has 0 aromatic heterocycles. The molecule has 0 bridgehead atoms. The van der Waals surface area contributed by atoms with Crippen molar-refractivity contribution in [2.45, 2.75) is 0 Å². The minimum absolute atomic E-state index is 0.0811. The number of anilines is 1. The number of halogens is 1. The van der Waals surface area contributed by atoms with Crippen molar-refractivity contribution in [1.29, 1.82) is 0 Å². The molecule has 0 spiro atoms. The first kappa shape index (κ1) is 12.3. The molecule has 0 fully saturated rings. The first-order valence-corrected chi connectivity index (χ1v) is 4.87. The fourth-order valence-corrected chi connectivity index (χ4v) is 1.35. The highest BCUT2D eigenvalue weighted by Crippen LogP contribution is 2.30. The van der Waals surface area contributed by atoms with Crippen LogP contribution in [0.1, 0.15) is 5.56 Å². The molecule has 0 radical (unpaired) electrons. The van der Waals surface area contributed by atoms with Gasteiger partial charge in [-0.1, -0.05) is 11.6 Å². The molecule has 1 rings (SSSR count). The Kier molecular flexibility index (Phi) is 3.73. The highest BCUT2D eigenvalue weighted by molar-refractivity contribution is 6.33. The number of nitro benzene ring substituents is 1. The lowest BCUT2D eigenvalue weighted by molar-refractivity contribution is -0.384. The van der Waals surface area contributed by atoms with Gasteiger partial charge < -0.3 is 10.6 Å². The van der Waals surface area contributed by atoms with Crippen LogP contribution in [0.3, 0.4) is 0 Å². The Hall–Kier alpha value is -1.75. The maximum atomic E-state index is 10.6. The maximum Gasteiger partial charge on any atom is 0.289 e. The number of hydrogen-bond donors (Lipinski definition) is 1. The van der Waals surface area contributed by atoms with E-state index in [0.717, 1.165) is 0 Å². The Bertz CT molecular complexity index is 444. The van der Waals surface area contributed by atoms with E-state index < -0.39 is 4.92 Å². The zero-order chi connectivity index (χ0) is 12.3. The Morgan fingerprint density at radius 3 is 2.62 bits per heavy atom. The number of hydrogen-bond acceptors (Lipinski definition) is 4. The molecule has 0 saturated carbocycles. The quantitative estimate of drug-likeness (QED) is 0.501. The summed E-state index contributed by atoms with van der Waals surface area (Å²) in [4.78, 5) is 11.9. The maximum absolute atomic E-state index is 10.6. The highest BCUT2D eigenvalue weighted by atomic mass is 35.5. The SMILES string of the molecule is CN(C)/C=C/c1cc(Cl)c([N+](=O)[O-])cc1N. The smallest absolute Gasteiger partial charge is 0.289 e. The molecule has 0 aliphatic heterocycles. The molecule has 0 unspecified atom stereocenters. The van der Waals surface area contributed by atoms with Gasteiger partial charge in [0.25, 0.3) is 5.69 Å². The summed E-state index contributed by atoms with van der Waals surface area (Å²) in [5.74, 6) is 0. The lowest BCUT2D eigenvalue weighted by Gasteiger charge is -2.05. The molecule has 0 aliphatic rings. The van der Waals surface area contributed by atoms with Crippen LogP contribution in [0.2, 0.25) is 5.02 Å². The van der Waals surface area contributed by atoms with Gasteiger partial charge in [0.05, 0.1) is 4.92 Å². The fraction of sp³-hybridized carbons (Fsp3) is 0.200. The van der Waals surface area contributed by atoms with E-state index in [9.17, 15) is 10.1 Å². The molecule has 0 heterocycles. The molecule has 2 N–H and O–H groups in total. The molecule has 0 amide bonds. The summed E-state index contributed by atoms with van der Waals surface area (Å²) in [7, 11) is 3.72. The Labute approximate surface area is 98.3 Å². The van der Waals surface area contributed by atoms with Gasteiger partial charge in [0.2, 0.25) is 0 Å². The standard InChI is InChI=1S/C10H12ClN3O2/c1-13(2)4-3-7-5-8(11)10(14(15)16)6-9(7)12/h3-6H,12H2,1-2H3/b4-3+. The third-order valence-electron chi connectivity index (χ3n) is 1.90. The van der Waals surface area contributed by atoms with Gasteiger partial charge in [-0.25, -0.2) is 0 Å². The van der Waals surface area contributed by atoms with Gasteiger partial charge in [-0.05, 0) is 18.3 Å². The molecular weight excluding hydrogens is 230 g/mol. The van der Waals surface area contributed by atoms with E-state index >= 15 is 0 Å². The third-order valence-corrected chi connectivity index (χ3v) is 2.20. The summed E-state index contributed by atoms with van der Waals surface area (Å²) < 4.78 is 0. The van der Waals surface area contributed by atoms with Crippen molar-refractivity contribution in [3.05, 3.63) is 39.0 Å². The predicted octanol–water partition coefficient (Wildman–Crippen LogP) is 2.36. The van der Waals surface area contributed by atoms with Crippen LogP contribution in [-0.4, -0.2) is 23.9 Å². The first-order chi connectivity index (χ1) is 7.41. The Morgan fingerprint density at radius 1 is 1.50 bits per heavy atom. The van der Waals surface area contributed by atoms with Crippen LogP contribution in [0.5, 0.6) is 0 Å². The van der Waals surface area contributed by atoms with Crippen molar-refractivity contribution in [2.75, 3.05) is 19.8 Å². The van der Waals surface area contributed by atoms with Crippen molar-refractivity contribution in [1.82, 2.24) is 4.90 Å². The second-order valence-corrected chi connectivity index (χ2v) is 3.88. The van der Waals surface area contributed by atoms with Gasteiger partial charge in [0.15, 0.2) is 0 Å². The van der Waals surface area contributed by atoms with Gasteiger partial charge in [-0.3, -0.25) is 10.1 Å². The topological polar surface area (TPSA) is 72.4 Å². The second kappa shape index (κ2) is 4.85. The molecule has 6 heteroatoms. The van der Waals surface area contributed by atoms with Crippen LogP contribution < -0.4 is 5.73 Å². The van der Waals surface area contributed by atoms with Crippen molar-refractivity contribution in [2.24, 2.45) is 0 Å². The summed E-state index contributed by atoms with van der Waals surface area (Å²) >= 11 is 5.77. The molecule has 5 nitrogen and oxygen atoms in total. The summed E-state index contributed by atoms with van der Waals surface area (Å²) in [6.45, 7) is 0. The number of nitrogen functional groups attached to an aromatic ring is 1. The lowest BCUT2D eigenvalue weighted by Crippen LogP contribution is -2.00. The molecule has 0 atom stereocenters. The van der Waals surface area contributed by atoms with E-state index in [2.05, 4.69) is 0 Å². The van der Waals surface area contributed by atoms with E-state index in [0.29, 0.717) is 11.3 Å². The molecule has 0 saturated heterocycles. The van der Waals surface area contributed by atoms with E-state index in [4.69, 9.17) is 17.3 Å². The zero-order valence-corrected chi connectivity index (χ0v) is 9.73. The van der Waals surface area contributed by atoms with Crippen molar-refractivity contribution in [3.8, 4) is 0 Å². The number of nitrogens with zero attached hydrogens (tertiary/aromatic N) is 2. The third kappa shape index (κ3) is 2.87. The van der Waals surface area contributed by atoms with Crippen LogP contribution in [0.15, 0.2) is 18.3 Å². The average molecular weight is 242 g/mol. The monoisotopic (exact) mass is 241 g/mol. The highest BCUT2D eigenvalue weighted by Gasteiger charge is 2.14. The first-order valence-electron chi connectivity index (χ1n) is 4.50. The molecule has 1 aromatic rings. The minimum Gasteiger partial charge on any atom is -0.398 e. The molecule has 0 aliphatic carbocycles. The van der Waals surface area contributed by atoms with Gasteiger partial charge in [-0.15, -0.1) is 0 Å². The number of rotatable bonds is 3. The Balaban J connectivity index is 3.15. The average Bonchev–Trinajstić information content (AvgIpc) is 2.18. The molecule has 16 heavy (non-hydrogen) atoms. The van der Waals surface area contributed by atoms with E-state index in [1.807, 2.05) is 19.0 Å². The largest absolute Gasteiger partial charge is 0.398 e. The van der Waals surface area contributed by atoms with Gasteiger partial charge in [0.1, 0.15) is 5.02 Å². The molecule has 1 aromatic carbocycles. The van der Waals surface area contributed by atoms with Crippen LogP contribution in [-0.2, 0) is 0 Å². The lowest BCUT2D eigenvalue weighted by atomic mass is 10.1. The number of nitro groups is 1. The van der Waals surface area contributed by atoms with E-state index in [1.54, 1.807) is 12.3 Å². The van der Waals surface area contributed by atoms with Crippen LogP contribution in [0, 0.1) is 10.1 Å². The normalized spacial score (nSPS) is 10.7. The van der Waals surface area contributed by atoms with Crippen LogP contribution in [0.25, 0.3) is 6.08 Å². The summed E-state index contributed by atoms with van der Waals surface area (Å²) in [6.07, 6.45) is 3.53. The fourth-order valence-electron chi connectivity index (χ4n) is 1.11. The number of nitrogens with two attached hydrogens (primary N) is 1. The van der Waals surface area contributed by atoms with E-state index in [1.165, 1.54) is 12.1 Å².